The zero-order chi connectivity index (χ0) is 12.4. The summed E-state index contributed by atoms with van der Waals surface area (Å²) >= 11 is 0. The Kier molecular flexibility index (Phi) is 3.28. The molecule has 2 saturated heterocycles. The summed E-state index contributed by atoms with van der Waals surface area (Å²) in [7, 11) is 0. The van der Waals surface area contributed by atoms with Gasteiger partial charge in [-0.05, 0) is 6.42 Å². The van der Waals surface area contributed by atoms with Gasteiger partial charge >= 0.3 is 6.03 Å². The van der Waals surface area contributed by atoms with Crippen LogP contribution in [0.2, 0.25) is 0 Å². The second kappa shape index (κ2) is 4.70. The molecule has 0 bridgehead atoms. The van der Waals surface area contributed by atoms with Crippen molar-refractivity contribution < 1.29 is 19.5 Å². The molecule has 2 aliphatic rings. The monoisotopic (exact) mass is 241 g/mol. The van der Waals surface area contributed by atoms with Gasteiger partial charge in [0.25, 0.3) is 5.91 Å². The van der Waals surface area contributed by atoms with E-state index in [1.807, 2.05) is 0 Å². The lowest BCUT2D eigenvalue weighted by Crippen LogP contribution is -2.42. The molecule has 7 nitrogen and oxygen atoms in total. The Morgan fingerprint density at radius 3 is 2.76 bits per heavy atom. The highest BCUT2D eigenvalue weighted by molar-refractivity contribution is 6.04. The number of likely N-dealkylation sites (tertiary alicyclic amines) is 1. The number of nitrogens with one attached hydrogen (secondary N) is 1. The van der Waals surface area contributed by atoms with Crippen molar-refractivity contribution in [3.63, 3.8) is 0 Å². The standard InChI is InChI=1S/C10H15N3O4/c14-6-7-1-2-12(4-7)9(16)5-13-8(15)3-11-10(13)17/h7,14H,1-6H2,(H,11,17). The summed E-state index contributed by atoms with van der Waals surface area (Å²) in [5, 5.41) is 11.3. The van der Waals surface area contributed by atoms with Crippen LogP contribution in [-0.4, -0.2) is 65.5 Å². The van der Waals surface area contributed by atoms with Gasteiger partial charge in [-0.2, -0.15) is 0 Å². The first-order chi connectivity index (χ1) is 8.11. The average molecular weight is 241 g/mol. The van der Waals surface area contributed by atoms with E-state index in [2.05, 4.69) is 5.32 Å². The zero-order valence-electron chi connectivity index (χ0n) is 9.39. The lowest BCUT2D eigenvalue weighted by atomic mass is 10.1. The minimum Gasteiger partial charge on any atom is -0.396 e. The third-order valence-corrected chi connectivity index (χ3v) is 3.13. The van der Waals surface area contributed by atoms with Crippen molar-refractivity contribution in [2.75, 3.05) is 32.8 Å². The largest absolute Gasteiger partial charge is 0.396 e. The summed E-state index contributed by atoms with van der Waals surface area (Å²) in [4.78, 5) is 36.9. The molecule has 94 valence electrons. The maximum Gasteiger partial charge on any atom is 0.325 e. The molecule has 1 unspecified atom stereocenters. The van der Waals surface area contributed by atoms with Crippen molar-refractivity contribution >= 4 is 17.8 Å². The molecule has 4 amide bonds. The molecule has 0 spiro atoms. The first-order valence-electron chi connectivity index (χ1n) is 5.58. The van der Waals surface area contributed by atoms with E-state index in [1.54, 1.807) is 4.90 Å². The number of amides is 4. The smallest absolute Gasteiger partial charge is 0.325 e. The van der Waals surface area contributed by atoms with Crippen LogP contribution in [0.3, 0.4) is 0 Å². The molecule has 0 aromatic carbocycles. The van der Waals surface area contributed by atoms with Crippen molar-refractivity contribution in [3.8, 4) is 0 Å². The van der Waals surface area contributed by atoms with Crippen LogP contribution in [0.5, 0.6) is 0 Å². The van der Waals surface area contributed by atoms with Crippen molar-refractivity contribution in [2.24, 2.45) is 5.92 Å². The number of hydrogen-bond acceptors (Lipinski definition) is 4. The third kappa shape index (κ3) is 2.38. The number of rotatable bonds is 3. The highest BCUT2D eigenvalue weighted by atomic mass is 16.3. The van der Waals surface area contributed by atoms with E-state index in [0.717, 1.165) is 11.3 Å². The van der Waals surface area contributed by atoms with Gasteiger partial charge in [-0.1, -0.05) is 0 Å². The second-order valence-corrected chi connectivity index (χ2v) is 4.32. The Balaban J connectivity index is 1.89. The maximum absolute atomic E-state index is 11.8. The molecule has 0 radical (unpaired) electrons. The number of aliphatic hydroxyl groups excluding tert-OH is 1. The van der Waals surface area contributed by atoms with E-state index in [-0.39, 0.29) is 37.4 Å². The highest BCUT2D eigenvalue weighted by Gasteiger charge is 2.33. The minimum atomic E-state index is -0.513. The summed E-state index contributed by atoms with van der Waals surface area (Å²) in [6, 6.07) is -0.513. The van der Waals surface area contributed by atoms with Gasteiger partial charge in [-0.3, -0.25) is 14.5 Å². The van der Waals surface area contributed by atoms with Crippen LogP contribution >= 0.6 is 0 Å². The Morgan fingerprint density at radius 1 is 1.47 bits per heavy atom. The van der Waals surface area contributed by atoms with Gasteiger partial charge in [0.15, 0.2) is 0 Å². The number of urea groups is 1. The lowest BCUT2D eigenvalue weighted by molar-refractivity contribution is -0.135. The molecule has 0 aliphatic carbocycles. The molecule has 7 heteroatoms. The topological polar surface area (TPSA) is 90.0 Å². The molecule has 2 fully saturated rings. The van der Waals surface area contributed by atoms with Gasteiger partial charge in [0.2, 0.25) is 5.91 Å². The molecule has 0 aromatic heterocycles. The van der Waals surface area contributed by atoms with Gasteiger partial charge in [0.1, 0.15) is 6.54 Å². The molecular weight excluding hydrogens is 226 g/mol. The maximum atomic E-state index is 11.8. The van der Waals surface area contributed by atoms with Crippen molar-refractivity contribution in [3.05, 3.63) is 0 Å². The molecule has 1 atom stereocenters. The van der Waals surface area contributed by atoms with Gasteiger partial charge < -0.3 is 15.3 Å². The second-order valence-electron chi connectivity index (χ2n) is 4.32. The molecular formula is C10H15N3O4. The SMILES string of the molecule is O=C(CN1C(=O)CNC1=O)N1CCC(CO)C1. The van der Waals surface area contributed by atoms with Crippen molar-refractivity contribution in [1.82, 2.24) is 15.1 Å². The normalized spacial score (nSPS) is 24.4. The lowest BCUT2D eigenvalue weighted by Gasteiger charge is -2.19. The fourth-order valence-electron chi connectivity index (χ4n) is 2.06. The zero-order valence-corrected chi connectivity index (χ0v) is 9.39. The predicted molar refractivity (Wildman–Crippen MR) is 56.9 cm³/mol. The summed E-state index contributed by atoms with van der Waals surface area (Å²) < 4.78 is 0. The highest BCUT2D eigenvalue weighted by Crippen LogP contribution is 2.15. The van der Waals surface area contributed by atoms with Crippen LogP contribution < -0.4 is 5.32 Å². The molecule has 2 N–H and O–H groups in total. The van der Waals surface area contributed by atoms with Crippen LogP contribution in [0.15, 0.2) is 0 Å². The fourth-order valence-corrected chi connectivity index (χ4v) is 2.06. The average Bonchev–Trinajstić information content (AvgIpc) is 2.90. The number of nitrogens with zero attached hydrogens (tertiary/aromatic N) is 2. The number of imide groups is 1. The van der Waals surface area contributed by atoms with Gasteiger partial charge in [0.05, 0.1) is 6.54 Å². The van der Waals surface area contributed by atoms with Crippen LogP contribution in [0.25, 0.3) is 0 Å². The quantitative estimate of drug-likeness (QED) is 0.581. The Bertz CT molecular complexity index is 341. The van der Waals surface area contributed by atoms with Gasteiger partial charge in [-0.25, -0.2) is 4.79 Å². The first kappa shape index (κ1) is 11.8. The Hall–Kier alpha value is -1.63. The molecule has 17 heavy (non-hydrogen) atoms. The number of carbonyl (C=O) groups excluding carboxylic acids is 3. The van der Waals surface area contributed by atoms with Crippen LogP contribution in [0.4, 0.5) is 4.79 Å². The van der Waals surface area contributed by atoms with E-state index in [4.69, 9.17) is 5.11 Å². The summed E-state index contributed by atoms with van der Waals surface area (Å²) in [5.41, 5.74) is 0. The van der Waals surface area contributed by atoms with E-state index in [0.29, 0.717) is 13.1 Å². The van der Waals surface area contributed by atoms with Crippen molar-refractivity contribution in [2.45, 2.75) is 6.42 Å². The summed E-state index contributed by atoms with van der Waals surface area (Å²) in [5.74, 6) is -0.505. The van der Waals surface area contributed by atoms with Crippen molar-refractivity contribution in [1.29, 1.82) is 0 Å². The molecule has 0 aromatic rings. The predicted octanol–water partition coefficient (Wildman–Crippen LogP) is -1.62. The van der Waals surface area contributed by atoms with E-state index < -0.39 is 6.03 Å². The van der Waals surface area contributed by atoms with E-state index in [1.165, 1.54) is 0 Å². The number of aliphatic hydroxyl groups is 1. The number of hydrogen-bond donors (Lipinski definition) is 2. The molecule has 2 aliphatic heterocycles. The number of carbonyl (C=O) groups is 3. The Labute approximate surface area is 98.4 Å². The molecule has 0 saturated carbocycles. The fraction of sp³-hybridized carbons (Fsp3) is 0.700. The Morgan fingerprint density at radius 2 is 2.24 bits per heavy atom. The van der Waals surface area contributed by atoms with Crippen LogP contribution in [0, 0.1) is 5.92 Å². The minimum absolute atomic E-state index is 0.0363. The third-order valence-electron chi connectivity index (χ3n) is 3.13. The first-order valence-corrected chi connectivity index (χ1v) is 5.58. The summed E-state index contributed by atoms with van der Waals surface area (Å²) in [6.45, 7) is 0.897. The molecule has 2 rings (SSSR count). The van der Waals surface area contributed by atoms with E-state index >= 15 is 0 Å². The molecule has 2 heterocycles. The van der Waals surface area contributed by atoms with Gasteiger partial charge in [-0.15, -0.1) is 0 Å². The summed E-state index contributed by atoms with van der Waals surface area (Å²) in [6.07, 6.45) is 0.766. The van der Waals surface area contributed by atoms with Crippen LogP contribution in [-0.2, 0) is 9.59 Å². The van der Waals surface area contributed by atoms with E-state index in [9.17, 15) is 14.4 Å². The van der Waals surface area contributed by atoms with Gasteiger partial charge in [0, 0.05) is 25.6 Å². The van der Waals surface area contributed by atoms with Crippen LogP contribution in [0.1, 0.15) is 6.42 Å².